The number of nitrogens with one attached hydrogen (secondary N) is 1. The lowest BCUT2D eigenvalue weighted by Gasteiger charge is -2.72. The van der Waals surface area contributed by atoms with E-state index in [2.05, 4.69) is 5.32 Å². The molecule has 364 valence electrons. The first-order valence-electron chi connectivity index (χ1n) is 22.4. The summed E-state index contributed by atoms with van der Waals surface area (Å²) in [5, 5.41) is 26.0. The van der Waals surface area contributed by atoms with Gasteiger partial charge in [0.2, 0.25) is 6.10 Å². The highest BCUT2D eigenvalue weighted by molar-refractivity contribution is 5.93. The summed E-state index contributed by atoms with van der Waals surface area (Å²) < 4.78 is 42.8. The maximum atomic E-state index is 15.8. The molecule has 3 aliphatic carbocycles. The molecule has 1 heterocycles. The molecule has 0 spiro atoms. The number of fused-ring (bicyclic) bond motifs is 5. The number of aliphatic carboxylic acids is 1. The summed E-state index contributed by atoms with van der Waals surface area (Å²) in [6, 6.07) is 14.6. The molecule has 0 radical (unpaired) electrons. The molecule has 2 saturated carbocycles. The molecule has 2 aromatic carbocycles. The van der Waals surface area contributed by atoms with E-state index in [1.54, 1.807) is 111 Å². The molecule has 67 heavy (non-hydrogen) atoms. The number of amides is 1. The molecule has 0 unspecified atom stereocenters. The van der Waals surface area contributed by atoms with Crippen LogP contribution in [-0.4, -0.2) is 113 Å². The minimum atomic E-state index is -2.29. The lowest BCUT2D eigenvalue weighted by Crippen LogP contribution is -2.86. The molecule has 2 aromatic rings. The van der Waals surface area contributed by atoms with E-state index in [0.29, 0.717) is 11.1 Å². The Morgan fingerprint density at radius 3 is 2.07 bits per heavy atom. The van der Waals surface area contributed by atoms with Gasteiger partial charge in [-0.25, -0.2) is 14.4 Å². The van der Waals surface area contributed by atoms with Crippen molar-refractivity contribution < 1.29 is 76.9 Å². The maximum Gasteiger partial charge on any atom is 0.408 e. The normalized spacial score (nSPS) is 31.7. The van der Waals surface area contributed by atoms with E-state index in [1.807, 2.05) is 0 Å². The number of hydrogen-bond acceptors (Lipinski definition) is 15. The highest BCUT2D eigenvalue weighted by Crippen LogP contribution is 2.70. The average Bonchev–Trinajstić information content (AvgIpc) is 3.25. The average molecular weight is 934 g/mol. The largest absolute Gasteiger partial charge is 0.481 e. The van der Waals surface area contributed by atoms with Crippen LogP contribution in [-0.2, 0) is 57.1 Å². The molecule has 17 heteroatoms. The lowest BCUT2D eigenvalue weighted by molar-refractivity contribution is -0.381. The van der Waals surface area contributed by atoms with E-state index in [0.717, 1.165) is 0 Å². The van der Waals surface area contributed by atoms with Gasteiger partial charge in [-0.05, 0) is 63.5 Å². The van der Waals surface area contributed by atoms with Gasteiger partial charge in [-0.1, -0.05) is 76.2 Å². The Kier molecular flexibility index (Phi) is 14.0. The number of esters is 4. The Hall–Kier alpha value is -5.65. The number of ketones is 1. The van der Waals surface area contributed by atoms with Crippen molar-refractivity contribution in [2.75, 3.05) is 13.7 Å². The summed E-state index contributed by atoms with van der Waals surface area (Å²) >= 11 is 0. The second-order valence-electron chi connectivity index (χ2n) is 20.0. The molecule has 1 aliphatic heterocycles. The number of rotatable bonds is 13. The van der Waals surface area contributed by atoms with Gasteiger partial charge >= 0.3 is 35.9 Å². The number of Topliss-reactive ketones (excluding diaryl/α,β-unsaturated/α-hetero) is 1. The van der Waals surface area contributed by atoms with Crippen LogP contribution in [0.25, 0.3) is 0 Å². The molecule has 1 saturated heterocycles. The van der Waals surface area contributed by atoms with E-state index in [1.165, 1.54) is 26.2 Å². The van der Waals surface area contributed by atoms with Gasteiger partial charge in [0.25, 0.3) is 0 Å². The monoisotopic (exact) mass is 933 g/mol. The molecule has 0 aromatic heterocycles. The summed E-state index contributed by atoms with van der Waals surface area (Å²) in [7, 11) is 1.44. The zero-order chi connectivity index (χ0) is 49.7. The topological polar surface area (TPSA) is 237 Å². The van der Waals surface area contributed by atoms with Crippen molar-refractivity contribution in [3.8, 4) is 0 Å². The number of carbonyl (C=O) groups is 7. The maximum absolute atomic E-state index is 15.8. The minimum absolute atomic E-state index is 0.111. The van der Waals surface area contributed by atoms with Crippen molar-refractivity contribution in [2.45, 2.75) is 148 Å². The first-order valence-corrected chi connectivity index (χ1v) is 22.4. The summed E-state index contributed by atoms with van der Waals surface area (Å²) in [4.78, 5) is 96.9. The quantitative estimate of drug-likeness (QED) is 0.119. The molecular weight excluding hydrogens is 871 g/mol. The van der Waals surface area contributed by atoms with Gasteiger partial charge in [0.1, 0.15) is 41.3 Å². The predicted octanol–water partition coefficient (Wildman–Crippen LogP) is 5.99. The predicted molar refractivity (Wildman–Crippen MR) is 237 cm³/mol. The Morgan fingerprint density at radius 1 is 0.925 bits per heavy atom. The van der Waals surface area contributed by atoms with Crippen LogP contribution in [0.2, 0.25) is 0 Å². The van der Waals surface area contributed by atoms with Crippen molar-refractivity contribution in [1.29, 1.82) is 0 Å². The van der Waals surface area contributed by atoms with E-state index in [4.69, 9.17) is 33.2 Å². The van der Waals surface area contributed by atoms with Crippen LogP contribution in [0.5, 0.6) is 0 Å². The SMILES string of the molecule is CO[C@H]1C[C@H]2OC[C@@]2(OC(C)=O)[C@@]2(C)[C@H](OC(=O)c3ccccc3)[C@]3(O)C[C@H](OC(=O)[C@H](OC(=O)CCC(=O)O)[C@@H](NC(=O)OC(C)(C)C)c4ccccc4)C(C)=C([C@@H](C)C(=O)[C@]12C)C3(C)C. The molecule has 3 N–H and O–H groups in total. The van der Waals surface area contributed by atoms with Crippen molar-refractivity contribution in [1.82, 2.24) is 5.32 Å². The number of aliphatic hydroxyl groups is 1. The lowest BCUT2D eigenvalue weighted by atomic mass is 9.37. The second-order valence-corrected chi connectivity index (χ2v) is 20.0. The number of benzene rings is 2. The summed E-state index contributed by atoms with van der Waals surface area (Å²) in [5.74, 6) is -6.64. The van der Waals surface area contributed by atoms with E-state index < -0.39 is 137 Å². The first kappa shape index (κ1) is 50.8. The molecule has 1 amide bonds. The van der Waals surface area contributed by atoms with Crippen molar-refractivity contribution in [2.24, 2.45) is 22.2 Å². The van der Waals surface area contributed by atoms with Crippen LogP contribution in [0, 0.1) is 22.2 Å². The fourth-order valence-electron chi connectivity index (χ4n) is 11.4. The highest BCUT2D eigenvalue weighted by Gasteiger charge is 2.83. The smallest absolute Gasteiger partial charge is 0.408 e. The first-order chi connectivity index (χ1) is 31.2. The number of carboxylic acid groups (broad SMARTS) is 1. The number of carbonyl (C=O) groups excluding carboxylic acids is 6. The van der Waals surface area contributed by atoms with Crippen LogP contribution in [0.15, 0.2) is 71.8 Å². The summed E-state index contributed by atoms with van der Waals surface area (Å²) in [6.45, 7) is 15.9. The third-order valence-electron chi connectivity index (χ3n) is 14.8. The van der Waals surface area contributed by atoms with E-state index >= 15 is 4.79 Å². The Bertz CT molecular complexity index is 2310. The van der Waals surface area contributed by atoms with Crippen LogP contribution in [0.3, 0.4) is 0 Å². The summed E-state index contributed by atoms with van der Waals surface area (Å²) in [6.07, 6.45) is -9.57. The van der Waals surface area contributed by atoms with Crippen LogP contribution < -0.4 is 5.32 Å². The minimum Gasteiger partial charge on any atom is -0.481 e. The molecule has 17 nitrogen and oxygen atoms in total. The highest BCUT2D eigenvalue weighted by atomic mass is 16.6. The van der Waals surface area contributed by atoms with Crippen LogP contribution >= 0.6 is 0 Å². The number of carboxylic acids is 1. The fraction of sp³-hybridized carbons (Fsp3) is 0.580. The van der Waals surface area contributed by atoms with Gasteiger partial charge in [0.05, 0.1) is 41.9 Å². The number of ether oxygens (including phenoxy) is 7. The van der Waals surface area contributed by atoms with E-state index in [-0.39, 0.29) is 24.2 Å². The molecule has 4 aliphatic rings. The van der Waals surface area contributed by atoms with Crippen LogP contribution in [0.1, 0.15) is 117 Å². The van der Waals surface area contributed by atoms with Gasteiger partial charge in [0.15, 0.2) is 5.60 Å². The van der Waals surface area contributed by atoms with Crippen molar-refractivity contribution in [3.05, 3.63) is 82.9 Å². The number of alkyl carbamates (subject to hydrolysis) is 1. The molecule has 2 bridgehead atoms. The van der Waals surface area contributed by atoms with Gasteiger partial charge in [0, 0.05) is 38.2 Å². The molecule has 11 atom stereocenters. The third kappa shape index (κ3) is 8.74. The van der Waals surface area contributed by atoms with Gasteiger partial charge in [-0.3, -0.25) is 19.2 Å². The van der Waals surface area contributed by atoms with Crippen molar-refractivity contribution in [3.63, 3.8) is 0 Å². The third-order valence-corrected chi connectivity index (χ3v) is 14.8. The Balaban J connectivity index is 1.56. The van der Waals surface area contributed by atoms with E-state index in [9.17, 15) is 39.0 Å². The van der Waals surface area contributed by atoms with Gasteiger partial charge < -0.3 is 48.7 Å². The second kappa shape index (κ2) is 18.4. The fourth-order valence-corrected chi connectivity index (χ4v) is 11.4. The zero-order valence-corrected chi connectivity index (χ0v) is 40.0. The summed E-state index contributed by atoms with van der Waals surface area (Å²) in [5.41, 5.74) is -8.80. The molecular formula is C50H63NO16. The Morgan fingerprint density at radius 2 is 1.54 bits per heavy atom. The number of methoxy groups -OCH3 is 1. The van der Waals surface area contributed by atoms with Gasteiger partial charge in [-0.15, -0.1) is 0 Å². The molecule has 3 fully saturated rings. The van der Waals surface area contributed by atoms with Gasteiger partial charge in [-0.2, -0.15) is 0 Å². The van der Waals surface area contributed by atoms with Crippen molar-refractivity contribution >= 4 is 41.7 Å². The van der Waals surface area contributed by atoms with Crippen LogP contribution in [0.4, 0.5) is 4.79 Å². The number of hydrogen-bond donors (Lipinski definition) is 3. The zero-order valence-electron chi connectivity index (χ0n) is 40.0. The molecule has 6 rings (SSSR count). The Labute approximate surface area is 390 Å². The standard InChI is InChI=1S/C50H63NO16/c1-27-32(63-42(58)39(64-36(55)23-22-35(53)54)38(30-18-14-12-15-19-30)51-44(59)67-45(4,5)6)25-49(60)43(65-41(57)31-20-16-13-17-21-31)48(10)47(9,40(56)28(2)37(27)46(49,7)8)33(61-11)24-34-50(48,26-62-34)66-29(3)52/h12-21,28,32-34,38-39,43,60H,22-26H2,1-11H3,(H,51,59)(H,53,54)/t28-,32+,33+,34-,38+,39-,43+,47+,48+,49-,50+/m1/s1.